The summed E-state index contributed by atoms with van der Waals surface area (Å²) in [7, 11) is 0. The van der Waals surface area contributed by atoms with Crippen molar-refractivity contribution in [3.63, 3.8) is 0 Å². The van der Waals surface area contributed by atoms with E-state index in [1.54, 1.807) is 0 Å². The van der Waals surface area contributed by atoms with Crippen LogP contribution < -0.4 is 10.6 Å². The smallest absolute Gasteiger partial charge is 0.00489 e. The van der Waals surface area contributed by atoms with Crippen LogP contribution in [-0.4, -0.2) is 26.2 Å². The zero-order chi connectivity index (χ0) is 26.3. The zero-order valence-corrected chi connectivity index (χ0v) is 25.8. The van der Waals surface area contributed by atoms with E-state index in [2.05, 4.69) is 10.6 Å². The van der Waals surface area contributed by atoms with Crippen LogP contribution in [0.3, 0.4) is 0 Å². The molecule has 0 aromatic heterocycles. The first-order valence-corrected chi connectivity index (χ1v) is 15.9. The standard InChI is InChI=1S/C6H12.2C5H11N.C5H10.5C2H6.2CH4/c3*1-2-4-6-5-3-1;1-2-4-5-3-1;5*1-2;;/h1-6H2;2*6H,1-5H2;1-5H2;5*1-2H3;2*1H4. The van der Waals surface area contributed by atoms with Crippen molar-refractivity contribution < 1.29 is 0 Å². The fourth-order valence-electron chi connectivity index (χ4n) is 3.55. The molecule has 2 N–H and O–H groups in total. The van der Waals surface area contributed by atoms with Crippen LogP contribution in [0.2, 0.25) is 0 Å². The van der Waals surface area contributed by atoms with Gasteiger partial charge >= 0.3 is 0 Å². The van der Waals surface area contributed by atoms with E-state index in [1.165, 1.54) is 135 Å². The number of hydrogen-bond donors (Lipinski definition) is 2. The molecule has 35 heavy (non-hydrogen) atoms. The monoisotopic (exact) mass is 507 g/mol. The zero-order valence-electron chi connectivity index (χ0n) is 25.8. The van der Waals surface area contributed by atoms with Gasteiger partial charge in [-0.3, -0.25) is 0 Å². The molecule has 2 heterocycles. The Hall–Kier alpha value is -0.0800. The van der Waals surface area contributed by atoms with Crippen LogP contribution in [0, 0.1) is 0 Å². The molecule has 0 unspecified atom stereocenters. The molecule has 4 fully saturated rings. The third-order valence-corrected chi connectivity index (χ3v) is 5.16. The van der Waals surface area contributed by atoms with Crippen molar-refractivity contribution in [3.8, 4) is 0 Å². The predicted molar refractivity (Wildman–Crippen MR) is 174 cm³/mol. The van der Waals surface area contributed by atoms with Gasteiger partial charge in [0.05, 0.1) is 0 Å². The first-order chi connectivity index (χ1) is 16.5. The molecular weight excluding hydrogens is 424 g/mol. The van der Waals surface area contributed by atoms with Crippen molar-refractivity contribution in [2.24, 2.45) is 0 Å². The summed E-state index contributed by atoms with van der Waals surface area (Å²) in [5.74, 6) is 0. The second-order valence-electron chi connectivity index (χ2n) is 7.51. The van der Waals surface area contributed by atoms with Crippen molar-refractivity contribution >= 4 is 0 Å². The van der Waals surface area contributed by atoms with Gasteiger partial charge in [-0.05, 0) is 51.9 Å². The Morgan fingerprint density at radius 1 is 0.229 bits per heavy atom. The maximum absolute atomic E-state index is 3.28. The Balaban J connectivity index is -0.0000000526. The molecule has 0 aromatic rings. The summed E-state index contributed by atoms with van der Waals surface area (Å²) in [6.07, 6.45) is 24.9. The predicted octanol–water partition coefficient (Wildman–Crippen LogP) is 12.2. The molecular formula is C33H82N2. The van der Waals surface area contributed by atoms with Gasteiger partial charge in [-0.25, -0.2) is 0 Å². The number of rotatable bonds is 0. The van der Waals surface area contributed by atoms with E-state index >= 15 is 0 Å². The van der Waals surface area contributed by atoms with Gasteiger partial charge in [0, 0.05) is 0 Å². The Morgan fingerprint density at radius 3 is 0.400 bits per heavy atom. The number of nitrogens with one attached hydrogen (secondary N) is 2. The quantitative estimate of drug-likeness (QED) is 0.341. The van der Waals surface area contributed by atoms with Gasteiger partial charge in [0.25, 0.3) is 0 Å². The van der Waals surface area contributed by atoms with Gasteiger partial charge in [0.1, 0.15) is 0 Å². The molecule has 2 aliphatic heterocycles. The van der Waals surface area contributed by atoms with E-state index in [1.807, 2.05) is 69.2 Å². The van der Waals surface area contributed by atoms with E-state index in [-0.39, 0.29) is 14.9 Å². The second kappa shape index (κ2) is 70.0. The molecule has 0 amide bonds. The fourth-order valence-corrected chi connectivity index (χ4v) is 3.55. The SMILES string of the molecule is C.C.C1CCCC1.C1CCCCC1.C1CCNCC1.C1CCNCC1.CC.CC.CC.CC.CC. The summed E-state index contributed by atoms with van der Waals surface area (Å²) in [6, 6.07) is 0. The molecule has 0 bridgehead atoms. The average Bonchev–Trinajstić information content (AvgIpc) is 3.58. The Labute approximate surface area is 230 Å². The normalized spacial score (nSPS) is 16.6. The first-order valence-electron chi connectivity index (χ1n) is 15.9. The Morgan fingerprint density at radius 2 is 0.343 bits per heavy atom. The minimum absolute atomic E-state index is 0. The van der Waals surface area contributed by atoms with E-state index in [4.69, 9.17) is 0 Å². The molecule has 2 saturated heterocycles. The Kier molecular flexibility index (Phi) is 103. The summed E-state index contributed by atoms with van der Waals surface area (Å²) < 4.78 is 0. The summed E-state index contributed by atoms with van der Waals surface area (Å²) in [5.41, 5.74) is 0. The third-order valence-electron chi connectivity index (χ3n) is 5.16. The van der Waals surface area contributed by atoms with Crippen LogP contribution in [0.5, 0.6) is 0 Å². The first kappa shape index (κ1) is 51.5. The molecule has 2 nitrogen and oxygen atoms in total. The molecule has 0 aromatic carbocycles. The highest BCUT2D eigenvalue weighted by atomic mass is 14.9. The van der Waals surface area contributed by atoms with Crippen molar-refractivity contribution in [3.05, 3.63) is 0 Å². The van der Waals surface area contributed by atoms with Gasteiger partial charge in [-0.15, -0.1) is 0 Å². The lowest BCUT2D eigenvalue weighted by Gasteiger charge is -2.08. The number of piperidine rings is 2. The summed E-state index contributed by atoms with van der Waals surface area (Å²) in [4.78, 5) is 0. The topological polar surface area (TPSA) is 24.1 Å². The van der Waals surface area contributed by atoms with Crippen LogP contribution in [0.15, 0.2) is 0 Å². The van der Waals surface area contributed by atoms with Crippen LogP contribution in [0.25, 0.3) is 0 Å². The van der Waals surface area contributed by atoms with E-state index < -0.39 is 0 Å². The summed E-state index contributed by atoms with van der Waals surface area (Å²) >= 11 is 0. The average molecular weight is 507 g/mol. The molecule has 2 saturated carbocycles. The maximum atomic E-state index is 3.28. The minimum Gasteiger partial charge on any atom is -0.317 e. The van der Waals surface area contributed by atoms with Crippen molar-refractivity contribution in [2.75, 3.05) is 26.2 Å². The lowest BCUT2D eigenvalue weighted by molar-refractivity contribution is 0.504. The van der Waals surface area contributed by atoms with Crippen molar-refractivity contribution in [2.45, 2.75) is 193 Å². The van der Waals surface area contributed by atoms with Crippen molar-refractivity contribution in [1.29, 1.82) is 0 Å². The van der Waals surface area contributed by atoms with Crippen LogP contribution in [0.1, 0.15) is 193 Å². The lowest BCUT2D eigenvalue weighted by atomic mass is 10.0. The van der Waals surface area contributed by atoms with Crippen molar-refractivity contribution in [1.82, 2.24) is 10.6 Å². The van der Waals surface area contributed by atoms with Gasteiger partial charge in [0.15, 0.2) is 0 Å². The molecule has 0 atom stereocenters. The summed E-state index contributed by atoms with van der Waals surface area (Å²) in [6.45, 7) is 25.0. The second-order valence-corrected chi connectivity index (χ2v) is 7.51. The van der Waals surface area contributed by atoms with Crippen LogP contribution >= 0.6 is 0 Å². The largest absolute Gasteiger partial charge is 0.317 e. The minimum atomic E-state index is 0. The van der Waals surface area contributed by atoms with E-state index in [0.717, 1.165) is 0 Å². The maximum Gasteiger partial charge on any atom is -0.00489 e. The number of hydrogen-bond acceptors (Lipinski definition) is 2. The molecule has 224 valence electrons. The molecule has 4 aliphatic rings. The molecule has 0 radical (unpaired) electrons. The van der Waals surface area contributed by atoms with Gasteiger partial charge in [-0.2, -0.15) is 0 Å². The fraction of sp³-hybridized carbons (Fsp3) is 1.00. The highest BCUT2D eigenvalue weighted by Gasteiger charge is 1.96. The van der Waals surface area contributed by atoms with Gasteiger partial charge in [-0.1, -0.05) is 168 Å². The molecule has 4 rings (SSSR count). The highest BCUT2D eigenvalue weighted by molar-refractivity contribution is 4.55. The van der Waals surface area contributed by atoms with Crippen LogP contribution in [-0.2, 0) is 0 Å². The van der Waals surface area contributed by atoms with E-state index in [0.29, 0.717) is 0 Å². The van der Waals surface area contributed by atoms with E-state index in [9.17, 15) is 0 Å². The molecule has 2 heteroatoms. The third kappa shape index (κ3) is 65.8. The molecule has 0 spiro atoms. The van der Waals surface area contributed by atoms with Gasteiger partial charge < -0.3 is 10.6 Å². The Bertz CT molecular complexity index is 132. The molecule has 2 aliphatic carbocycles. The lowest BCUT2D eigenvalue weighted by Crippen LogP contribution is -2.21. The highest BCUT2D eigenvalue weighted by Crippen LogP contribution is 2.15. The van der Waals surface area contributed by atoms with Gasteiger partial charge in [0.2, 0.25) is 0 Å². The van der Waals surface area contributed by atoms with Crippen LogP contribution in [0.4, 0.5) is 0 Å². The summed E-state index contributed by atoms with van der Waals surface area (Å²) in [5, 5.41) is 6.57.